The molecular formula is C16H19N5O. The number of carbonyl (C=O) groups excluding carboxylic acids is 1. The number of aryl methyl sites for hydroxylation is 1. The summed E-state index contributed by atoms with van der Waals surface area (Å²) in [6.07, 6.45) is 5.55. The molecule has 1 fully saturated rings. The largest absolute Gasteiger partial charge is 0.388 e. The molecule has 1 unspecified atom stereocenters. The molecule has 0 aromatic carbocycles. The molecule has 1 aliphatic heterocycles. The van der Waals surface area contributed by atoms with Gasteiger partial charge in [0.2, 0.25) is 0 Å². The summed E-state index contributed by atoms with van der Waals surface area (Å²) in [5.74, 6) is 0.213. The number of nitrogens with one attached hydrogen (secondary N) is 1. The average molecular weight is 297 g/mol. The molecule has 2 aromatic heterocycles. The Hall–Kier alpha value is -2.50. The van der Waals surface area contributed by atoms with Gasteiger partial charge in [0.05, 0.1) is 6.20 Å². The third kappa shape index (κ3) is 2.90. The van der Waals surface area contributed by atoms with Crippen LogP contribution in [0.3, 0.4) is 0 Å². The predicted octanol–water partition coefficient (Wildman–Crippen LogP) is 1.85. The van der Waals surface area contributed by atoms with E-state index in [0.717, 1.165) is 30.0 Å². The number of anilines is 1. The summed E-state index contributed by atoms with van der Waals surface area (Å²) in [5, 5.41) is 3.15. The van der Waals surface area contributed by atoms with Crippen molar-refractivity contribution < 1.29 is 4.79 Å². The molecule has 1 N–H and O–H groups in total. The van der Waals surface area contributed by atoms with Crippen LogP contribution in [0, 0.1) is 6.92 Å². The molecule has 1 amide bonds. The van der Waals surface area contributed by atoms with Crippen LogP contribution in [0.1, 0.15) is 34.2 Å². The second kappa shape index (κ2) is 6.09. The number of likely N-dealkylation sites (tertiary alicyclic amines) is 1. The van der Waals surface area contributed by atoms with Crippen LogP contribution in [-0.2, 0) is 0 Å². The van der Waals surface area contributed by atoms with Crippen LogP contribution in [0.15, 0.2) is 30.7 Å². The second-order valence-electron chi connectivity index (χ2n) is 5.50. The summed E-state index contributed by atoms with van der Waals surface area (Å²) in [7, 11) is 1.90. The first-order chi connectivity index (χ1) is 10.7. The number of rotatable bonds is 3. The highest BCUT2D eigenvalue weighted by atomic mass is 16.2. The van der Waals surface area contributed by atoms with E-state index in [-0.39, 0.29) is 11.8 Å². The summed E-state index contributed by atoms with van der Waals surface area (Å²) < 4.78 is 0. The van der Waals surface area contributed by atoms with Crippen LogP contribution in [0.4, 0.5) is 5.69 Å². The van der Waals surface area contributed by atoms with Gasteiger partial charge in [0, 0.05) is 55.5 Å². The van der Waals surface area contributed by atoms with Crippen molar-refractivity contribution in [2.75, 3.05) is 25.5 Å². The van der Waals surface area contributed by atoms with Crippen LogP contribution in [-0.4, -0.2) is 45.9 Å². The zero-order chi connectivity index (χ0) is 15.5. The molecule has 6 nitrogen and oxygen atoms in total. The van der Waals surface area contributed by atoms with Crippen LogP contribution in [0.2, 0.25) is 0 Å². The van der Waals surface area contributed by atoms with E-state index in [4.69, 9.17) is 0 Å². The average Bonchev–Trinajstić information content (AvgIpc) is 3.04. The highest BCUT2D eigenvalue weighted by Gasteiger charge is 2.29. The highest BCUT2D eigenvalue weighted by Crippen LogP contribution is 2.28. The molecule has 6 heteroatoms. The number of nitrogens with zero attached hydrogens (tertiary/aromatic N) is 4. The van der Waals surface area contributed by atoms with E-state index in [2.05, 4.69) is 26.3 Å². The smallest absolute Gasteiger partial charge is 0.274 e. The van der Waals surface area contributed by atoms with Crippen molar-refractivity contribution in [2.24, 2.45) is 0 Å². The van der Waals surface area contributed by atoms with Gasteiger partial charge in [0.1, 0.15) is 5.69 Å². The van der Waals surface area contributed by atoms with E-state index in [0.29, 0.717) is 12.2 Å². The highest BCUT2D eigenvalue weighted by molar-refractivity contribution is 5.92. The molecule has 22 heavy (non-hydrogen) atoms. The Morgan fingerprint density at radius 1 is 1.36 bits per heavy atom. The van der Waals surface area contributed by atoms with Crippen LogP contribution >= 0.6 is 0 Å². The van der Waals surface area contributed by atoms with Gasteiger partial charge in [-0.3, -0.25) is 14.8 Å². The quantitative estimate of drug-likeness (QED) is 0.936. The normalized spacial score (nSPS) is 17.5. The van der Waals surface area contributed by atoms with Crippen molar-refractivity contribution in [3.63, 3.8) is 0 Å². The lowest BCUT2D eigenvalue weighted by molar-refractivity contribution is 0.0784. The molecule has 114 valence electrons. The first-order valence-corrected chi connectivity index (χ1v) is 7.39. The van der Waals surface area contributed by atoms with Gasteiger partial charge in [-0.1, -0.05) is 0 Å². The van der Waals surface area contributed by atoms with Crippen LogP contribution < -0.4 is 5.32 Å². The van der Waals surface area contributed by atoms with Gasteiger partial charge < -0.3 is 10.2 Å². The molecule has 3 rings (SSSR count). The van der Waals surface area contributed by atoms with Gasteiger partial charge in [0.15, 0.2) is 0 Å². The van der Waals surface area contributed by atoms with Crippen LogP contribution in [0.5, 0.6) is 0 Å². The number of aromatic nitrogens is 3. The van der Waals surface area contributed by atoms with Crippen molar-refractivity contribution in [3.05, 3.63) is 47.8 Å². The Morgan fingerprint density at radius 3 is 2.95 bits per heavy atom. The maximum Gasteiger partial charge on any atom is 0.274 e. The number of amides is 1. The summed E-state index contributed by atoms with van der Waals surface area (Å²) in [6.45, 7) is 3.39. The fourth-order valence-electron chi connectivity index (χ4n) is 2.81. The van der Waals surface area contributed by atoms with Gasteiger partial charge in [-0.15, -0.1) is 0 Å². The minimum absolute atomic E-state index is 0.0582. The van der Waals surface area contributed by atoms with Gasteiger partial charge in [-0.05, 0) is 25.5 Å². The number of carbonyl (C=O) groups is 1. The van der Waals surface area contributed by atoms with E-state index < -0.39 is 0 Å². The third-order valence-corrected chi connectivity index (χ3v) is 3.94. The molecule has 0 bridgehead atoms. The Labute approximate surface area is 129 Å². The Morgan fingerprint density at radius 2 is 2.23 bits per heavy atom. The zero-order valence-electron chi connectivity index (χ0n) is 12.8. The monoisotopic (exact) mass is 297 g/mol. The van der Waals surface area contributed by atoms with E-state index in [1.165, 1.54) is 6.20 Å². The molecule has 0 spiro atoms. The molecule has 1 atom stereocenters. The molecule has 0 saturated carbocycles. The van der Waals surface area contributed by atoms with Crippen molar-refractivity contribution in [3.8, 4) is 0 Å². The Bertz CT molecular complexity index is 673. The standard InChI is InChI=1S/C16H19N5O/c1-11-7-13(17-2)8-14(20-11)12-3-6-21(10-12)16(22)15-9-18-4-5-19-15/h4-5,7-9,12H,3,6,10H2,1-2H3,(H,17,20). The van der Waals surface area contributed by atoms with E-state index >= 15 is 0 Å². The van der Waals surface area contributed by atoms with Crippen molar-refractivity contribution in [2.45, 2.75) is 19.3 Å². The summed E-state index contributed by atoms with van der Waals surface area (Å²) >= 11 is 0. The lowest BCUT2D eigenvalue weighted by atomic mass is 10.0. The molecule has 0 aliphatic carbocycles. The maximum atomic E-state index is 12.4. The van der Waals surface area contributed by atoms with Crippen LogP contribution in [0.25, 0.3) is 0 Å². The summed E-state index contributed by atoms with van der Waals surface area (Å²) in [5.41, 5.74) is 3.48. The SMILES string of the molecule is CNc1cc(C)nc(C2CCN(C(=O)c3cnccn3)C2)c1. The van der Waals surface area contributed by atoms with E-state index in [9.17, 15) is 4.79 Å². The van der Waals surface area contributed by atoms with Crippen molar-refractivity contribution >= 4 is 11.6 Å². The van der Waals surface area contributed by atoms with E-state index in [1.54, 1.807) is 12.4 Å². The molecule has 1 aliphatic rings. The first-order valence-electron chi connectivity index (χ1n) is 7.39. The van der Waals surface area contributed by atoms with Gasteiger partial charge in [0.25, 0.3) is 5.91 Å². The first kappa shape index (κ1) is 14.4. The molecule has 1 saturated heterocycles. The number of hydrogen-bond donors (Lipinski definition) is 1. The fraction of sp³-hybridized carbons (Fsp3) is 0.375. The lowest BCUT2D eigenvalue weighted by Gasteiger charge is -2.16. The lowest BCUT2D eigenvalue weighted by Crippen LogP contribution is -2.29. The molecular weight excluding hydrogens is 278 g/mol. The van der Waals surface area contributed by atoms with Gasteiger partial charge in [-0.25, -0.2) is 4.98 Å². The summed E-state index contributed by atoms with van der Waals surface area (Å²) in [4.78, 5) is 26.9. The molecule has 2 aromatic rings. The fourth-order valence-corrected chi connectivity index (χ4v) is 2.81. The number of pyridine rings is 1. The van der Waals surface area contributed by atoms with Gasteiger partial charge in [-0.2, -0.15) is 0 Å². The Balaban J connectivity index is 1.75. The van der Waals surface area contributed by atoms with Crippen molar-refractivity contribution in [1.29, 1.82) is 0 Å². The Kier molecular flexibility index (Phi) is 4.00. The minimum Gasteiger partial charge on any atom is -0.388 e. The second-order valence-corrected chi connectivity index (χ2v) is 5.50. The number of hydrogen-bond acceptors (Lipinski definition) is 5. The molecule has 0 radical (unpaired) electrons. The molecule has 3 heterocycles. The zero-order valence-corrected chi connectivity index (χ0v) is 12.8. The van der Waals surface area contributed by atoms with Crippen molar-refractivity contribution in [1.82, 2.24) is 19.9 Å². The summed E-state index contributed by atoms with van der Waals surface area (Å²) in [6, 6.07) is 4.08. The third-order valence-electron chi connectivity index (χ3n) is 3.94. The topological polar surface area (TPSA) is 71.0 Å². The minimum atomic E-state index is -0.0582. The maximum absolute atomic E-state index is 12.4. The van der Waals surface area contributed by atoms with Gasteiger partial charge >= 0.3 is 0 Å². The van der Waals surface area contributed by atoms with E-state index in [1.807, 2.05) is 24.9 Å². The predicted molar refractivity (Wildman–Crippen MR) is 83.8 cm³/mol.